The van der Waals surface area contributed by atoms with E-state index in [9.17, 15) is 14.9 Å². The average Bonchev–Trinajstić information content (AvgIpc) is 3.17. The lowest BCUT2D eigenvalue weighted by Gasteiger charge is -2.04. The van der Waals surface area contributed by atoms with Gasteiger partial charge in [0.2, 0.25) is 0 Å². The van der Waals surface area contributed by atoms with Crippen molar-refractivity contribution in [2.45, 2.75) is 6.92 Å². The van der Waals surface area contributed by atoms with Crippen LogP contribution in [0.1, 0.15) is 15.9 Å². The summed E-state index contributed by atoms with van der Waals surface area (Å²) in [7, 11) is 0. The van der Waals surface area contributed by atoms with E-state index >= 15 is 0 Å². The van der Waals surface area contributed by atoms with Crippen LogP contribution in [-0.4, -0.2) is 21.0 Å². The predicted molar refractivity (Wildman–Crippen MR) is 87.7 cm³/mol. The fourth-order valence-electron chi connectivity index (χ4n) is 2.21. The first kappa shape index (κ1) is 14.9. The van der Waals surface area contributed by atoms with Crippen LogP contribution < -0.4 is 5.32 Å². The van der Waals surface area contributed by atoms with E-state index in [-0.39, 0.29) is 11.3 Å². The van der Waals surface area contributed by atoms with Gasteiger partial charge < -0.3 is 5.32 Å². The van der Waals surface area contributed by atoms with E-state index < -0.39 is 10.8 Å². The summed E-state index contributed by atoms with van der Waals surface area (Å²) >= 11 is 1.54. The Morgan fingerprint density at radius 2 is 2.17 bits per heavy atom. The van der Waals surface area contributed by atoms with E-state index in [0.717, 1.165) is 10.6 Å². The van der Waals surface area contributed by atoms with Crippen LogP contribution in [0.15, 0.2) is 41.8 Å². The summed E-state index contributed by atoms with van der Waals surface area (Å²) in [6.07, 6.45) is 0. The van der Waals surface area contributed by atoms with Crippen molar-refractivity contribution in [2.24, 2.45) is 0 Å². The number of hydrogen-bond acceptors (Lipinski definition) is 5. The second-order valence-corrected chi connectivity index (χ2v) is 5.77. The van der Waals surface area contributed by atoms with Gasteiger partial charge in [0.05, 0.1) is 15.5 Å². The molecular weight excluding hydrogens is 316 g/mol. The number of thiophene rings is 1. The molecule has 0 bridgehead atoms. The third-order valence-corrected chi connectivity index (χ3v) is 4.17. The number of anilines is 1. The Bertz CT molecular complexity index is 871. The van der Waals surface area contributed by atoms with Crippen LogP contribution in [0.2, 0.25) is 0 Å². The van der Waals surface area contributed by atoms with Gasteiger partial charge in [-0.15, -0.1) is 11.3 Å². The summed E-state index contributed by atoms with van der Waals surface area (Å²) in [5.74, 6) is -0.251. The van der Waals surface area contributed by atoms with Crippen LogP contribution in [-0.2, 0) is 0 Å². The van der Waals surface area contributed by atoms with E-state index in [1.165, 1.54) is 17.4 Å². The number of aromatic nitrogens is 2. The molecule has 0 aliphatic carbocycles. The minimum Gasteiger partial charge on any atom is -0.305 e. The third kappa shape index (κ3) is 2.97. The Morgan fingerprint density at radius 3 is 2.87 bits per heavy atom. The number of benzene rings is 1. The fourth-order valence-corrected chi connectivity index (χ4v) is 2.90. The Kier molecular flexibility index (Phi) is 3.90. The third-order valence-electron chi connectivity index (χ3n) is 3.27. The van der Waals surface area contributed by atoms with Gasteiger partial charge in [-0.1, -0.05) is 18.2 Å². The molecule has 0 saturated carbocycles. The first-order valence-corrected chi connectivity index (χ1v) is 7.59. The minimum absolute atomic E-state index is 0.00988. The number of nitro benzene ring substituents is 1. The molecule has 0 aliphatic rings. The molecule has 0 aliphatic heterocycles. The largest absolute Gasteiger partial charge is 0.305 e. The summed E-state index contributed by atoms with van der Waals surface area (Å²) in [5, 5.41) is 22.5. The molecule has 0 saturated heterocycles. The number of aryl methyl sites for hydroxylation is 1. The number of carbonyl (C=O) groups excluding carboxylic acids is 1. The Labute approximate surface area is 135 Å². The maximum Gasteiger partial charge on any atom is 0.285 e. The van der Waals surface area contributed by atoms with E-state index in [1.807, 2.05) is 17.5 Å². The number of H-pyrrole nitrogens is 1. The number of nitro groups is 1. The van der Waals surface area contributed by atoms with Crippen LogP contribution in [0, 0.1) is 17.0 Å². The number of amides is 1. The molecule has 7 nitrogen and oxygen atoms in total. The lowest BCUT2D eigenvalue weighted by molar-refractivity contribution is -0.385. The maximum atomic E-state index is 12.3. The lowest BCUT2D eigenvalue weighted by atomic mass is 10.1. The van der Waals surface area contributed by atoms with Crippen molar-refractivity contribution in [3.8, 4) is 10.6 Å². The van der Waals surface area contributed by atoms with E-state index in [0.29, 0.717) is 11.4 Å². The van der Waals surface area contributed by atoms with Crippen molar-refractivity contribution in [3.63, 3.8) is 0 Å². The molecule has 1 aromatic carbocycles. The Morgan fingerprint density at radius 1 is 1.35 bits per heavy atom. The van der Waals surface area contributed by atoms with Crippen LogP contribution >= 0.6 is 11.3 Å². The fraction of sp³-hybridized carbons (Fsp3) is 0.0667. The second-order valence-electron chi connectivity index (χ2n) is 4.83. The van der Waals surface area contributed by atoms with Crippen LogP contribution in [0.25, 0.3) is 10.6 Å². The summed E-state index contributed by atoms with van der Waals surface area (Å²) in [6, 6.07) is 10.2. The molecule has 116 valence electrons. The number of aromatic amines is 1. The summed E-state index contributed by atoms with van der Waals surface area (Å²) in [6.45, 7) is 1.60. The molecule has 0 spiro atoms. The molecule has 23 heavy (non-hydrogen) atoms. The Balaban J connectivity index is 1.86. The van der Waals surface area contributed by atoms with Crippen LogP contribution in [0.4, 0.5) is 11.5 Å². The number of nitrogens with one attached hydrogen (secondary N) is 2. The van der Waals surface area contributed by atoms with Gasteiger partial charge in [0.15, 0.2) is 5.82 Å². The number of para-hydroxylation sites is 1. The zero-order valence-electron chi connectivity index (χ0n) is 12.1. The smallest absolute Gasteiger partial charge is 0.285 e. The molecule has 0 fully saturated rings. The topological polar surface area (TPSA) is 101 Å². The number of hydrogen-bond donors (Lipinski definition) is 2. The van der Waals surface area contributed by atoms with Crippen molar-refractivity contribution in [1.82, 2.24) is 10.2 Å². The highest BCUT2D eigenvalue weighted by molar-refractivity contribution is 7.13. The zero-order valence-corrected chi connectivity index (χ0v) is 12.9. The Hall–Kier alpha value is -3.00. The van der Waals surface area contributed by atoms with Gasteiger partial charge in [-0.05, 0) is 24.4 Å². The zero-order chi connectivity index (χ0) is 16.4. The van der Waals surface area contributed by atoms with Crippen molar-refractivity contribution in [3.05, 3.63) is 63.0 Å². The molecule has 3 aromatic rings. The average molecular weight is 328 g/mol. The van der Waals surface area contributed by atoms with Gasteiger partial charge in [0.1, 0.15) is 5.56 Å². The van der Waals surface area contributed by atoms with Crippen LogP contribution in [0.3, 0.4) is 0 Å². The molecule has 2 aromatic heterocycles. The number of rotatable bonds is 4. The van der Waals surface area contributed by atoms with Crippen molar-refractivity contribution in [2.75, 3.05) is 5.32 Å². The molecule has 8 heteroatoms. The highest BCUT2D eigenvalue weighted by atomic mass is 32.1. The maximum absolute atomic E-state index is 12.3. The number of nitrogens with zero attached hydrogens (tertiary/aromatic N) is 2. The summed E-state index contributed by atoms with van der Waals surface area (Å²) in [5.41, 5.74) is 1.02. The molecule has 2 heterocycles. The molecule has 1 amide bonds. The second kappa shape index (κ2) is 6.01. The standard InChI is InChI=1S/C15H12N4O3S/c1-9-4-2-5-10(14(9)19(21)22)15(20)16-13-8-11(17-18-13)12-6-3-7-23-12/h2-8H,1H3,(H2,16,17,18,20). The first-order chi connectivity index (χ1) is 11.1. The van der Waals surface area contributed by atoms with E-state index in [2.05, 4.69) is 15.5 Å². The molecule has 0 radical (unpaired) electrons. The highest BCUT2D eigenvalue weighted by Gasteiger charge is 2.23. The quantitative estimate of drug-likeness (QED) is 0.564. The lowest BCUT2D eigenvalue weighted by Crippen LogP contribution is -2.14. The first-order valence-electron chi connectivity index (χ1n) is 6.71. The number of carbonyl (C=O) groups is 1. The van der Waals surface area contributed by atoms with Gasteiger partial charge in [0, 0.05) is 11.6 Å². The molecule has 2 N–H and O–H groups in total. The minimum atomic E-state index is -0.565. The van der Waals surface area contributed by atoms with Gasteiger partial charge in [-0.2, -0.15) is 5.10 Å². The molecular formula is C15H12N4O3S. The molecule has 0 unspecified atom stereocenters. The van der Waals surface area contributed by atoms with Gasteiger partial charge >= 0.3 is 0 Å². The van der Waals surface area contributed by atoms with E-state index in [4.69, 9.17) is 0 Å². The summed E-state index contributed by atoms with van der Waals surface area (Å²) < 4.78 is 0. The van der Waals surface area contributed by atoms with Crippen LogP contribution in [0.5, 0.6) is 0 Å². The monoisotopic (exact) mass is 328 g/mol. The van der Waals surface area contributed by atoms with E-state index in [1.54, 1.807) is 25.1 Å². The van der Waals surface area contributed by atoms with Crippen molar-refractivity contribution < 1.29 is 9.72 Å². The molecule has 0 atom stereocenters. The van der Waals surface area contributed by atoms with Crippen molar-refractivity contribution in [1.29, 1.82) is 0 Å². The predicted octanol–water partition coefficient (Wildman–Crippen LogP) is 3.61. The normalized spacial score (nSPS) is 10.5. The SMILES string of the molecule is Cc1cccc(C(=O)Nc2cc(-c3cccs3)[nH]n2)c1[N+](=O)[O-]. The van der Waals surface area contributed by atoms with Gasteiger partial charge in [-0.3, -0.25) is 20.0 Å². The van der Waals surface area contributed by atoms with Gasteiger partial charge in [0.25, 0.3) is 11.6 Å². The highest BCUT2D eigenvalue weighted by Crippen LogP contribution is 2.26. The molecule has 3 rings (SSSR count). The van der Waals surface area contributed by atoms with Gasteiger partial charge in [-0.25, -0.2) is 0 Å². The van der Waals surface area contributed by atoms with Crippen molar-refractivity contribution >= 4 is 28.7 Å². The summed E-state index contributed by atoms with van der Waals surface area (Å²) in [4.78, 5) is 23.9.